The van der Waals surface area contributed by atoms with Gasteiger partial charge >= 0.3 is 0 Å². The van der Waals surface area contributed by atoms with Gasteiger partial charge in [-0.1, -0.05) is 6.07 Å². The summed E-state index contributed by atoms with van der Waals surface area (Å²) in [6.45, 7) is 6.33. The Morgan fingerprint density at radius 3 is 2.61 bits per heavy atom. The van der Waals surface area contributed by atoms with Crippen LogP contribution in [0.1, 0.15) is 50.1 Å². The van der Waals surface area contributed by atoms with Crippen LogP contribution in [0.5, 0.6) is 11.6 Å². The van der Waals surface area contributed by atoms with Crippen LogP contribution in [0.15, 0.2) is 60.0 Å². The summed E-state index contributed by atoms with van der Waals surface area (Å²) < 4.78 is 26.8. The molecule has 4 aromatic heterocycles. The molecule has 0 radical (unpaired) electrons. The van der Waals surface area contributed by atoms with E-state index < -0.39 is 0 Å². The van der Waals surface area contributed by atoms with E-state index in [0.717, 1.165) is 63.1 Å². The minimum absolute atomic E-state index is 0.272. The van der Waals surface area contributed by atoms with Gasteiger partial charge in [0, 0.05) is 37.1 Å². The van der Waals surface area contributed by atoms with E-state index in [-0.39, 0.29) is 12.1 Å². The average molecular weight is 667 g/mol. The molecule has 0 amide bonds. The first-order chi connectivity index (χ1) is 24.1. The van der Waals surface area contributed by atoms with Crippen LogP contribution in [0.3, 0.4) is 0 Å². The van der Waals surface area contributed by atoms with E-state index in [1.54, 1.807) is 35.6 Å². The van der Waals surface area contributed by atoms with Gasteiger partial charge in [-0.05, 0) is 60.7 Å². The number of nitrogens with zero attached hydrogens (tertiary/aromatic N) is 11. The first-order valence-corrected chi connectivity index (χ1v) is 16.5. The molecule has 2 fully saturated rings. The molecule has 1 atom stereocenters. The summed E-state index contributed by atoms with van der Waals surface area (Å²) in [5.74, 6) is 1.93. The van der Waals surface area contributed by atoms with Crippen LogP contribution in [0.4, 0.5) is 11.6 Å². The number of aromatic nitrogens is 9. The van der Waals surface area contributed by atoms with Crippen LogP contribution in [0.25, 0.3) is 11.1 Å². The van der Waals surface area contributed by atoms with E-state index in [9.17, 15) is 5.26 Å². The summed E-state index contributed by atoms with van der Waals surface area (Å²) in [6.07, 6.45) is 14.7. The first kappa shape index (κ1) is 32.2. The first-order valence-electron chi connectivity index (χ1n) is 16.5. The van der Waals surface area contributed by atoms with Gasteiger partial charge in [0.2, 0.25) is 5.95 Å². The van der Waals surface area contributed by atoms with Gasteiger partial charge in [0.1, 0.15) is 36.2 Å². The number of morpholine rings is 1. The largest absolute Gasteiger partial charge is 0.487 e. The maximum Gasteiger partial charge on any atom is 0.256 e. The molecule has 0 bridgehead atoms. The third-order valence-electron chi connectivity index (χ3n) is 8.84. The number of hydrogen-bond acceptors (Lipinski definition) is 14. The molecule has 16 heteroatoms. The standard InChI is InChI=1S/C33H38N12O4/c1-23(20-44-22-38-41-42-44)49-30-16-24(2-3-25(30)17-34)26-18-36-33(37-19-26)39-29-21-45(40-32(29)48-12-8-31-35-9-13-47-31)28-6-4-27(5-7-28)43-10-14-46-15-11-43/h2-3,9,13,16,18-19,21-23,27-28H,4-8,10-12,14-15,20H2,1H3,(H,36,37,39)/t23-,27-,28-/m0/s1. The minimum atomic E-state index is -0.277. The molecular weight excluding hydrogens is 628 g/mol. The van der Waals surface area contributed by atoms with Crippen LogP contribution in [0, 0.1) is 11.3 Å². The van der Waals surface area contributed by atoms with Crippen molar-refractivity contribution < 1.29 is 18.6 Å². The number of oxazole rings is 1. The average Bonchev–Trinajstić information content (AvgIpc) is 3.93. The number of nitrogens with one attached hydrogen (secondary N) is 1. The Hall–Kier alpha value is -5.40. The Balaban J connectivity index is 1.04. The molecule has 0 spiro atoms. The molecule has 2 aliphatic rings. The molecule has 5 aromatic rings. The monoisotopic (exact) mass is 666 g/mol. The van der Waals surface area contributed by atoms with Crippen molar-refractivity contribution in [3.8, 4) is 28.8 Å². The lowest BCUT2D eigenvalue weighted by molar-refractivity contribution is 0.00503. The van der Waals surface area contributed by atoms with Crippen molar-refractivity contribution in [2.24, 2.45) is 0 Å². The van der Waals surface area contributed by atoms with Crippen molar-refractivity contribution in [2.45, 2.75) is 63.8 Å². The molecule has 1 aliphatic heterocycles. The molecule has 1 aromatic carbocycles. The maximum atomic E-state index is 9.67. The lowest BCUT2D eigenvalue weighted by Crippen LogP contribution is -2.45. The molecular formula is C33H38N12O4. The lowest BCUT2D eigenvalue weighted by Gasteiger charge is -2.38. The predicted octanol–water partition coefficient (Wildman–Crippen LogP) is 3.83. The van der Waals surface area contributed by atoms with Gasteiger partial charge in [-0.15, -0.1) is 10.2 Å². The second kappa shape index (κ2) is 15.2. The maximum absolute atomic E-state index is 9.67. The second-order valence-corrected chi connectivity index (χ2v) is 12.2. The fourth-order valence-corrected chi connectivity index (χ4v) is 6.33. The van der Waals surface area contributed by atoms with E-state index in [1.165, 1.54) is 6.33 Å². The van der Waals surface area contributed by atoms with E-state index >= 15 is 0 Å². The Morgan fingerprint density at radius 2 is 1.88 bits per heavy atom. The lowest BCUT2D eigenvalue weighted by atomic mass is 9.90. The topological polar surface area (TPSA) is 180 Å². The second-order valence-electron chi connectivity index (χ2n) is 12.2. The quantitative estimate of drug-likeness (QED) is 0.191. The molecule has 1 saturated carbocycles. The molecule has 5 heterocycles. The van der Waals surface area contributed by atoms with Gasteiger partial charge < -0.3 is 23.9 Å². The van der Waals surface area contributed by atoms with E-state index in [1.807, 2.05) is 29.9 Å². The van der Waals surface area contributed by atoms with Gasteiger partial charge in [0.05, 0.1) is 56.8 Å². The van der Waals surface area contributed by atoms with Crippen molar-refractivity contribution in [1.82, 2.24) is 49.8 Å². The number of ether oxygens (including phenoxy) is 3. The van der Waals surface area contributed by atoms with Crippen molar-refractivity contribution in [3.05, 3.63) is 67.0 Å². The molecule has 7 rings (SSSR count). The van der Waals surface area contributed by atoms with Crippen LogP contribution >= 0.6 is 0 Å². The Bertz CT molecular complexity index is 1810. The minimum Gasteiger partial charge on any atom is -0.487 e. The van der Waals surface area contributed by atoms with E-state index in [2.05, 4.69) is 46.8 Å². The molecule has 1 N–H and O–H groups in total. The van der Waals surface area contributed by atoms with Gasteiger partial charge in [-0.3, -0.25) is 9.58 Å². The fraction of sp³-hybridized carbons (Fsp3) is 0.455. The Morgan fingerprint density at radius 1 is 1.06 bits per heavy atom. The number of hydrogen-bond donors (Lipinski definition) is 1. The summed E-state index contributed by atoms with van der Waals surface area (Å²) >= 11 is 0. The van der Waals surface area contributed by atoms with Crippen molar-refractivity contribution in [2.75, 3.05) is 38.2 Å². The van der Waals surface area contributed by atoms with Crippen LogP contribution < -0.4 is 14.8 Å². The number of tetrazole rings is 1. The third-order valence-corrected chi connectivity index (χ3v) is 8.84. The summed E-state index contributed by atoms with van der Waals surface area (Å²) in [5, 5.41) is 29.0. The number of anilines is 2. The summed E-state index contributed by atoms with van der Waals surface area (Å²) in [5.41, 5.74) is 2.68. The van der Waals surface area contributed by atoms with Gasteiger partial charge in [-0.25, -0.2) is 19.6 Å². The molecule has 1 aliphatic carbocycles. The third kappa shape index (κ3) is 8.02. The highest BCUT2D eigenvalue weighted by Crippen LogP contribution is 2.35. The van der Waals surface area contributed by atoms with Gasteiger partial charge in [0.15, 0.2) is 5.89 Å². The Kier molecular flexibility index (Phi) is 9.99. The van der Waals surface area contributed by atoms with Gasteiger partial charge in [-0.2, -0.15) is 5.26 Å². The summed E-state index contributed by atoms with van der Waals surface area (Å²) in [4.78, 5) is 15.9. The smallest absolute Gasteiger partial charge is 0.256 e. The van der Waals surface area contributed by atoms with Crippen LogP contribution in [-0.2, 0) is 17.7 Å². The zero-order valence-corrected chi connectivity index (χ0v) is 27.3. The number of benzene rings is 1. The predicted molar refractivity (Wildman–Crippen MR) is 175 cm³/mol. The zero-order valence-electron chi connectivity index (χ0n) is 27.3. The summed E-state index contributed by atoms with van der Waals surface area (Å²) in [7, 11) is 0. The van der Waals surface area contributed by atoms with E-state index in [4.69, 9.17) is 23.7 Å². The highest BCUT2D eigenvalue weighted by Gasteiger charge is 2.29. The summed E-state index contributed by atoms with van der Waals surface area (Å²) in [6, 6.07) is 8.46. The molecule has 0 unspecified atom stereocenters. The van der Waals surface area contributed by atoms with Crippen LogP contribution in [0.2, 0.25) is 0 Å². The highest BCUT2D eigenvalue weighted by molar-refractivity contribution is 5.67. The number of rotatable bonds is 13. The van der Waals surface area contributed by atoms with Crippen molar-refractivity contribution >= 4 is 11.6 Å². The van der Waals surface area contributed by atoms with Crippen molar-refractivity contribution in [1.29, 1.82) is 5.26 Å². The van der Waals surface area contributed by atoms with Gasteiger partial charge in [0.25, 0.3) is 5.88 Å². The fourth-order valence-electron chi connectivity index (χ4n) is 6.33. The molecule has 49 heavy (non-hydrogen) atoms. The highest BCUT2D eigenvalue weighted by atomic mass is 16.5. The molecule has 254 valence electrons. The zero-order chi connectivity index (χ0) is 33.4. The SMILES string of the molecule is C[C@@H](Cn1cnnn1)Oc1cc(-c2cnc(Nc3cn([C@H]4CC[C@H](N5CCOCC5)CC4)nc3OCCc3ncco3)nc2)ccc1C#N. The Labute approximate surface area is 283 Å². The number of nitriles is 1. The molecule has 16 nitrogen and oxygen atoms in total. The normalized spacial score (nSPS) is 18.9. The van der Waals surface area contributed by atoms with Crippen molar-refractivity contribution in [3.63, 3.8) is 0 Å². The van der Waals surface area contributed by atoms with E-state index in [0.29, 0.717) is 60.3 Å². The molecule has 1 saturated heterocycles. The van der Waals surface area contributed by atoms with Crippen LogP contribution in [-0.4, -0.2) is 94.9 Å².